The Kier molecular flexibility index (Phi) is 5.93. The van der Waals surface area contributed by atoms with E-state index in [9.17, 15) is 22.8 Å². The summed E-state index contributed by atoms with van der Waals surface area (Å²) in [6, 6.07) is 9.37. The number of hydrogen-bond acceptors (Lipinski definition) is 8. The molecule has 2 amide bonds. The average Bonchev–Trinajstić information content (AvgIpc) is 3.17. The van der Waals surface area contributed by atoms with Gasteiger partial charge in [0.15, 0.2) is 4.90 Å². The van der Waals surface area contributed by atoms with Crippen molar-refractivity contribution in [2.24, 2.45) is 0 Å². The zero-order chi connectivity index (χ0) is 23.0. The minimum absolute atomic E-state index is 0.00714. The van der Waals surface area contributed by atoms with Crippen LogP contribution in [0.4, 0.5) is 0 Å². The van der Waals surface area contributed by atoms with Crippen LogP contribution in [0.3, 0.4) is 0 Å². The summed E-state index contributed by atoms with van der Waals surface area (Å²) in [4.78, 5) is 43.2. The van der Waals surface area contributed by atoms with Gasteiger partial charge < -0.3 is 0 Å². The molecule has 0 N–H and O–H groups in total. The number of aromatic nitrogens is 3. The van der Waals surface area contributed by atoms with Gasteiger partial charge in [0, 0.05) is 6.54 Å². The summed E-state index contributed by atoms with van der Waals surface area (Å²) in [6.07, 6.45) is 1.04. The molecule has 1 aliphatic rings. The van der Waals surface area contributed by atoms with Crippen LogP contribution in [0.1, 0.15) is 23.2 Å². The minimum Gasteiger partial charge on any atom is -0.280 e. The molecule has 4 rings (SSSR count). The van der Waals surface area contributed by atoms with Crippen molar-refractivity contribution < 1.29 is 18.0 Å². The Morgan fingerprint density at radius 3 is 2.34 bits per heavy atom. The van der Waals surface area contributed by atoms with E-state index in [1.807, 2.05) is 37.3 Å². The van der Waals surface area contributed by atoms with E-state index in [1.165, 1.54) is 18.3 Å². The Labute approximate surface area is 188 Å². The molecule has 0 radical (unpaired) electrons. The van der Waals surface area contributed by atoms with Gasteiger partial charge >= 0.3 is 0 Å². The molecule has 3 heterocycles. The van der Waals surface area contributed by atoms with Crippen LogP contribution >= 0.6 is 11.3 Å². The number of carbonyl (C=O) groups is 2. The third-order valence-corrected chi connectivity index (χ3v) is 8.15. The monoisotopic (exact) mass is 475 g/mol. The first-order chi connectivity index (χ1) is 15.2. The molecule has 10 nitrogen and oxygen atoms in total. The number of carbonyl (C=O) groups excluding carboxylic acids is 2. The first-order valence-corrected chi connectivity index (χ1v) is 12.2. The second kappa shape index (κ2) is 8.52. The van der Waals surface area contributed by atoms with Crippen LogP contribution in [-0.4, -0.2) is 63.7 Å². The lowest BCUT2D eigenvalue weighted by molar-refractivity contribution is -0.149. The number of fused-ring (bicyclic) bond motifs is 1. The predicted molar refractivity (Wildman–Crippen MR) is 117 cm³/mol. The lowest BCUT2D eigenvalue weighted by Gasteiger charge is -2.32. The van der Waals surface area contributed by atoms with Crippen molar-refractivity contribution in [3.05, 3.63) is 57.0 Å². The van der Waals surface area contributed by atoms with E-state index in [1.54, 1.807) is 0 Å². The topological polar surface area (TPSA) is 122 Å². The van der Waals surface area contributed by atoms with Crippen molar-refractivity contribution in [2.75, 3.05) is 19.6 Å². The molecule has 0 saturated carbocycles. The van der Waals surface area contributed by atoms with Gasteiger partial charge in [-0.05, 0) is 25.3 Å². The quantitative estimate of drug-likeness (QED) is 0.479. The number of amides is 2. The average molecular weight is 476 g/mol. The van der Waals surface area contributed by atoms with E-state index in [0.29, 0.717) is 22.8 Å². The highest BCUT2D eigenvalue weighted by Crippen LogP contribution is 2.21. The van der Waals surface area contributed by atoms with Crippen molar-refractivity contribution in [3.8, 4) is 0 Å². The lowest BCUT2D eigenvalue weighted by Crippen LogP contribution is -2.56. The maximum absolute atomic E-state index is 13.3. The van der Waals surface area contributed by atoms with Crippen molar-refractivity contribution in [2.45, 2.75) is 31.6 Å². The standard InChI is InChI=1S/C20H21N5O5S2/c1-3-15-22-25-19(28)18(13(2)21-20(25)31-15)32(29,30)23-11-16(26)24(17(27)12-23)10-9-14-7-5-4-6-8-14/h4-8H,3,9-12H2,1-2H3. The smallest absolute Gasteiger partial charge is 0.280 e. The molecule has 1 saturated heterocycles. The number of sulfonamides is 1. The van der Waals surface area contributed by atoms with E-state index in [0.717, 1.165) is 19.3 Å². The van der Waals surface area contributed by atoms with Crippen LogP contribution in [0.25, 0.3) is 4.96 Å². The molecule has 0 bridgehead atoms. The third kappa shape index (κ3) is 3.96. The van der Waals surface area contributed by atoms with Gasteiger partial charge in [-0.1, -0.05) is 48.6 Å². The highest BCUT2D eigenvalue weighted by atomic mass is 32.2. The van der Waals surface area contributed by atoms with Gasteiger partial charge in [0.25, 0.3) is 15.6 Å². The van der Waals surface area contributed by atoms with Crippen molar-refractivity contribution in [1.29, 1.82) is 0 Å². The molecule has 1 fully saturated rings. The number of hydrogen-bond donors (Lipinski definition) is 0. The van der Waals surface area contributed by atoms with Crippen LogP contribution in [0.2, 0.25) is 0 Å². The summed E-state index contributed by atoms with van der Waals surface area (Å²) in [5.41, 5.74) is 0.128. The van der Waals surface area contributed by atoms with Crippen molar-refractivity contribution >= 4 is 38.1 Å². The second-order valence-corrected chi connectivity index (χ2v) is 10.2. The molecule has 1 aliphatic heterocycles. The highest BCUT2D eigenvalue weighted by Gasteiger charge is 2.40. The molecule has 32 heavy (non-hydrogen) atoms. The molecule has 3 aromatic rings. The van der Waals surface area contributed by atoms with Crippen LogP contribution in [-0.2, 0) is 32.5 Å². The minimum atomic E-state index is -4.43. The van der Waals surface area contributed by atoms with Gasteiger partial charge in [0.05, 0.1) is 18.8 Å². The number of rotatable bonds is 6. The van der Waals surface area contributed by atoms with Gasteiger partial charge in [0.1, 0.15) is 5.01 Å². The van der Waals surface area contributed by atoms with Crippen LogP contribution in [0, 0.1) is 6.92 Å². The van der Waals surface area contributed by atoms with E-state index in [2.05, 4.69) is 10.1 Å². The maximum Gasteiger partial charge on any atom is 0.295 e. The number of benzene rings is 1. The van der Waals surface area contributed by atoms with Gasteiger partial charge in [-0.2, -0.15) is 13.9 Å². The van der Waals surface area contributed by atoms with Crippen LogP contribution < -0.4 is 5.56 Å². The lowest BCUT2D eigenvalue weighted by atomic mass is 10.1. The van der Waals surface area contributed by atoms with Gasteiger partial charge in [-0.15, -0.1) is 0 Å². The molecule has 0 atom stereocenters. The molecule has 2 aromatic heterocycles. The maximum atomic E-state index is 13.3. The van der Waals surface area contributed by atoms with Crippen molar-refractivity contribution in [1.82, 2.24) is 23.8 Å². The Hall–Kier alpha value is -2.96. The highest BCUT2D eigenvalue weighted by molar-refractivity contribution is 7.89. The van der Waals surface area contributed by atoms with Crippen LogP contribution in [0.5, 0.6) is 0 Å². The molecule has 1 aromatic carbocycles. The van der Waals surface area contributed by atoms with Crippen LogP contribution in [0.15, 0.2) is 40.0 Å². The van der Waals surface area contributed by atoms with E-state index < -0.39 is 45.4 Å². The Balaban J connectivity index is 1.60. The third-order valence-electron chi connectivity index (χ3n) is 5.17. The number of aryl methyl sites for hydroxylation is 2. The SMILES string of the molecule is CCc1nn2c(=O)c(S(=O)(=O)N3CC(=O)N(CCc4ccccc4)C(=O)C3)c(C)nc2s1. The molecular weight excluding hydrogens is 454 g/mol. The summed E-state index contributed by atoms with van der Waals surface area (Å²) in [7, 11) is -4.43. The molecule has 0 aliphatic carbocycles. The van der Waals surface area contributed by atoms with Crippen molar-refractivity contribution in [3.63, 3.8) is 0 Å². The fourth-order valence-electron chi connectivity index (χ4n) is 3.51. The Morgan fingerprint density at radius 2 is 1.72 bits per heavy atom. The second-order valence-electron chi connectivity index (χ2n) is 7.32. The fraction of sp³-hybridized carbons (Fsp3) is 0.350. The molecule has 0 spiro atoms. The van der Waals surface area contributed by atoms with Gasteiger partial charge in [0.2, 0.25) is 16.8 Å². The molecule has 12 heteroatoms. The summed E-state index contributed by atoms with van der Waals surface area (Å²) < 4.78 is 28.2. The van der Waals surface area contributed by atoms with E-state index in [-0.39, 0.29) is 12.2 Å². The number of imide groups is 1. The van der Waals surface area contributed by atoms with E-state index >= 15 is 0 Å². The number of nitrogens with zero attached hydrogens (tertiary/aromatic N) is 5. The summed E-state index contributed by atoms with van der Waals surface area (Å²) in [6.45, 7) is 2.38. The fourth-order valence-corrected chi connectivity index (χ4v) is 5.93. The van der Waals surface area contributed by atoms with Gasteiger partial charge in [-0.3, -0.25) is 19.3 Å². The Bertz CT molecular complexity index is 1350. The zero-order valence-corrected chi connectivity index (χ0v) is 19.1. The van der Waals surface area contributed by atoms with E-state index in [4.69, 9.17) is 0 Å². The predicted octanol–water partition coefficient (Wildman–Crippen LogP) is 0.624. The molecular formula is C20H21N5O5S2. The molecule has 168 valence electrons. The summed E-state index contributed by atoms with van der Waals surface area (Å²) in [5, 5.41) is 4.76. The first-order valence-electron chi connectivity index (χ1n) is 9.99. The Morgan fingerprint density at radius 1 is 1.06 bits per heavy atom. The summed E-state index contributed by atoms with van der Waals surface area (Å²) in [5.74, 6) is -1.26. The number of piperazine rings is 1. The normalized spacial score (nSPS) is 15.6. The van der Waals surface area contributed by atoms with Gasteiger partial charge in [-0.25, -0.2) is 13.4 Å². The zero-order valence-electron chi connectivity index (χ0n) is 17.5. The molecule has 0 unspecified atom stereocenters. The largest absolute Gasteiger partial charge is 0.295 e. The summed E-state index contributed by atoms with van der Waals surface area (Å²) >= 11 is 1.20. The first kappa shape index (κ1) is 22.2.